The molecule has 0 saturated carbocycles. The van der Waals surface area contributed by atoms with E-state index in [9.17, 15) is 4.79 Å². The summed E-state index contributed by atoms with van der Waals surface area (Å²) in [5.41, 5.74) is 0.454. The molecule has 2 aromatic rings. The van der Waals surface area contributed by atoms with Crippen LogP contribution in [0.4, 0.5) is 0 Å². The van der Waals surface area contributed by atoms with Crippen molar-refractivity contribution in [2.24, 2.45) is 0 Å². The number of carboxylic acids is 1. The van der Waals surface area contributed by atoms with Gasteiger partial charge in [0.05, 0.1) is 25.9 Å². The molecule has 0 amide bonds. The van der Waals surface area contributed by atoms with Gasteiger partial charge in [0, 0.05) is 18.9 Å². The molecule has 1 N–H and O–H groups in total. The summed E-state index contributed by atoms with van der Waals surface area (Å²) in [7, 11) is 1.55. The molecule has 0 radical (unpaired) electrons. The molecule has 122 valence electrons. The van der Waals surface area contributed by atoms with E-state index in [0.29, 0.717) is 36.0 Å². The molecule has 2 heterocycles. The molecule has 3 rings (SSSR count). The molecule has 1 aromatic carbocycles. The predicted molar refractivity (Wildman–Crippen MR) is 79.9 cm³/mol. The van der Waals surface area contributed by atoms with Gasteiger partial charge in [0.15, 0.2) is 23.0 Å². The van der Waals surface area contributed by atoms with Crippen molar-refractivity contribution in [3.8, 4) is 22.8 Å². The largest absolute Gasteiger partial charge is 0.493 e. The summed E-state index contributed by atoms with van der Waals surface area (Å²) in [6.45, 7) is 1.31. The lowest BCUT2D eigenvalue weighted by Crippen LogP contribution is -2.26. The third-order valence-corrected chi connectivity index (χ3v) is 3.65. The molecule has 1 fully saturated rings. The molecule has 1 aromatic heterocycles. The smallest absolute Gasteiger partial charge is 0.358 e. The van der Waals surface area contributed by atoms with Gasteiger partial charge in [-0.15, -0.1) is 0 Å². The lowest BCUT2D eigenvalue weighted by molar-refractivity contribution is 0.0247. The highest BCUT2D eigenvalue weighted by molar-refractivity contribution is 5.87. The highest BCUT2D eigenvalue weighted by Gasteiger charge is 2.23. The number of para-hydroxylation sites is 1. The van der Waals surface area contributed by atoms with Crippen LogP contribution < -0.4 is 9.47 Å². The summed E-state index contributed by atoms with van der Waals surface area (Å²) < 4.78 is 21.9. The highest BCUT2D eigenvalue weighted by Crippen LogP contribution is 2.39. The lowest BCUT2D eigenvalue weighted by atomic mass is 10.1. The van der Waals surface area contributed by atoms with Crippen molar-refractivity contribution in [2.75, 3.05) is 20.3 Å². The summed E-state index contributed by atoms with van der Waals surface area (Å²) in [6, 6.07) is 6.72. The molecule has 0 bridgehead atoms. The van der Waals surface area contributed by atoms with Crippen molar-refractivity contribution in [1.82, 2.24) is 5.16 Å². The Morgan fingerprint density at radius 2 is 2.13 bits per heavy atom. The maximum atomic E-state index is 11.0. The van der Waals surface area contributed by atoms with Crippen LogP contribution in [0.15, 0.2) is 28.8 Å². The molecule has 7 heteroatoms. The molecule has 0 spiro atoms. The third kappa shape index (κ3) is 3.29. The van der Waals surface area contributed by atoms with Crippen LogP contribution in [0.1, 0.15) is 23.3 Å². The van der Waals surface area contributed by atoms with E-state index in [1.54, 1.807) is 25.3 Å². The first kappa shape index (κ1) is 15.4. The van der Waals surface area contributed by atoms with E-state index < -0.39 is 5.97 Å². The monoisotopic (exact) mass is 319 g/mol. The Kier molecular flexibility index (Phi) is 4.47. The summed E-state index contributed by atoms with van der Waals surface area (Å²) in [5.74, 6) is 0.260. The zero-order valence-corrected chi connectivity index (χ0v) is 12.7. The standard InChI is InChI=1S/C16H17NO6/c1-20-13-4-2-3-11(14-9-12(16(18)19)17-23-14)15(13)22-10-5-7-21-8-6-10/h2-4,9-10H,5-8H2,1H3,(H,18,19). The van der Waals surface area contributed by atoms with E-state index >= 15 is 0 Å². The van der Waals surface area contributed by atoms with Gasteiger partial charge in [-0.05, 0) is 12.1 Å². The van der Waals surface area contributed by atoms with Crippen LogP contribution >= 0.6 is 0 Å². The number of aromatic nitrogens is 1. The first-order chi connectivity index (χ1) is 11.2. The van der Waals surface area contributed by atoms with E-state index in [0.717, 1.165) is 12.8 Å². The van der Waals surface area contributed by atoms with Crippen molar-refractivity contribution in [3.63, 3.8) is 0 Å². The van der Waals surface area contributed by atoms with Crippen molar-refractivity contribution < 1.29 is 28.6 Å². The molecule has 7 nitrogen and oxygen atoms in total. The van der Waals surface area contributed by atoms with Crippen LogP contribution in [-0.4, -0.2) is 42.7 Å². The Morgan fingerprint density at radius 3 is 2.78 bits per heavy atom. The number of aromatic carboxylic acids is 1. The average molecular weight is 319 g/mol. The van der Waals surface area contributed by atoms with Crippen molar-refractivity contribution in [1.29, 1.82) is 0 Å². The minimum Gasteiger partial charge on any atom is -0.493 e. The Morgan fingerprint density at radius 1 is 1.35 bits per heavy atom. The molecule has 0 aliphatic carbocycles. The molecule has 1 saturated heterocycles. The number of carbonyl (C=O) groups is 1. The zero-order chi connectivity index (χ0) is 16.2. The van der Waals surface area contributed by atoms with E-state index in [4.69, 9.17) is 23.8 Å². The quantitative estimate of drug-likeness (QED) is 0.905. The fourth-order valence-corrected chi connectivity index (χ4v) is 2.46. The van der Waals surface area contributed by atoms with Gasteiger partial charge < -0.3 is 23.8 Å². The minimum atomic E-state index is -1.14. The molecule has 0 atom stereocenters. The second kappa shape index (κ2) is 6.70. The summed E-state index contributed by atoms with van der Waals surface area (Å²) in [6.07, 6.45) is 1.59. The van der Waals surface area contributed by atoms with Gasteiger partial charge in [-0.2, -0.15) is 0 Å². The normalized spacial score (nSPS) is 15.3. The Labute approximate surface area is 132 Å². The van der Waals surface area contributed by atoms with Crippen LogP contribution in [0.25, 0.3) is 11.3 Å². The Bertz CT molecular complexity index is 690. The zero-order valence-electron chi connectivity index (χ0n) is 12.7. The van der Waals surface area contributed by atoms with Gasteiger partial charge in [-0.25, -0.2) is 4.79 Å². The second-order valence-electron chi connectivity index (χ2n) is 5.15. The molecule has 0 unspecified atom stereocenters. The number of rotatable bonds is 5. The fourth-order valence-electron chi connectivity index (χ4n) is 2.46. The van der Waals surface area contributed by atoms with Crippen LogP contribution in [0.3, 0.4) is 0 Å². The summed E-state index contributed by atoms with van der Waals surface area (Å²) in [5, 5.41) is 12.5. The van der Waals surface area contributed by atoms with Gasteiger partial charge in [-0.1, -0.05) is 11.2 Å². The van der Waals surface area contributed by atoms with Gasteiger partial charge in [0.2, 0.25) is 0 Å². The van der Waals surface area contributed by atoms with Crippen LogP contribution in [0, 0.1) is 0 Å². The lowest BCUT2D eigenvalue weighted by Gasteiger charge is -2.25. The number of methoxy groups -OCH3 is 1. The van der Waals surface area contributed by atoms with Gasteiger partial charge >= 0.3 is 5.97 Å². The van der Waals surface area contributed by atoms with E-state index in [1.807, 2.05) is 0 Å². The number of benzene rings is 1. The first-order valence-electron chi connectivity index (χ1n) is 7.31. The number of hydrogen-bond donors (Lipinski definition) is 1. The van der Waals surface area contributed by atoms with Crippen LogP contribution in [0.2, 0.25) is 0 Å². The SMILES string of the molecule is COc1cccc(-c2cc(C(=O)O)no2)c1OC1CCOCC1. The van der Waals surface area contributed by atoms with Crippen molar-refractivity contribution >= 4 is 5.97 Å². The van der Waals surface area contributed by atoms with Crippen molar-refractivity contribution in [3.05, 3.63) is 30.0 Å². The topological polar surface area (TPSA) is 91.0 Å². The summed E-state index contributed by atoms with van der Waals surface area (Å²) >= 11 is 0. The van der Waals surface area contributed by atoms with Crippen molar-refractivity contribution in [2.45, 2.75) is 18.9 Å². The Hall–Kier alpha value is -2.54. The molecular formula is C16H17NO6. The Balaban J connectivity index is 1.96. The highest BCUT2D eigenvalue weighted by atomic mass is 16.5. The van der Waals surface area contributed by atoms with Gasteiger partial charge in [0.1, 0.15) is 6.10 Å². The molecule has 23 heavy (non-hydrogen) atoms. The second-order valence-corrected chi connectivity index (χ2v) is 5.15. The van der Waals surface area contributed by atoms with Crippen LogP contribution in [-0.2, 0) is 4.74 Å². The number of ether oxygens (including phenoxy) is 3. The van der Waals surface area contributed by atoms with Crippen LogP contribution in [0.5, 0.6) is 11.5 Å². The van der Waals surface area contributed by atoms with Gasteiger partial charge in [-0.3, -0.25) is 0 Å². The third-order valence-electron chi connectivity index (χ3n) is 3.65. The molecule has 1 aliphatic heterocycles. The van der Waals surface area contributed by atoms with E-state index in [1.165, 1.54) is 6.07 Å². The first-order valence-corrected chi connectivity index (χ1v) is 7.31. The molecular weight excluding hydrogens is 302 g/mol. The number of nitrogens with zero attached hydrogens (tertiary/aromatic N) is 1. The minimum absolute atomic E-state index is 0.0145. The molecule has 1 aliphatic rings. The maximum Gasteiger partial charge on any atom is 0.358 e. The predicted octanol–water partition coefficient (Wildman–Crippen LogP) is 2.61. The summed E-state index contributed by atoms with van der Waals surface area (Å²) in [4.78, 5) is 11.0. The average Bonchev–Trinajstić information content (AvgIpc) is 3.06. The fraction of sp³-hybridized carbons (Fsp3) is 0.375. The number of carboxylic acid groups (broad SMARTS) is 1. The van der Waals surface area contributed by atoms with E-state index in [2.05, 4.69) is 5.16 Å². The van der Waals surface area contributed by atoms with Gasteiger partial charge in [0.25, 0.3) is 0 Å². The number of hydrogen-bond acceptors (Lipinski definition) is 6. The van der Waals surface area contributed by atoms with E-state index in [-0.39, 0.29) is 11.8 Å². The maximum absolute atomic E-state index is 11.0.